The van der Waals surface area contributed by atoms with Gasteiger partial charge < -0.3 is 19.2 Å². The molecule has 5 heteroatoms. The second-order valence-electron chi connectivity index (χ2n) is 5.78. The molecule has 1 aromatic carbocycles. The van der Waals surface area contributed by atoms with Crippen molar-refractivity contribution in [1.82, 2.24) is 0 Å². The maximum atomic E-state index is 11.8. The Morgan fingerprint density at radius 3 is 2.87 bits per heavy atom. The molecule has 0 aliphatic heterocycles. The van der Waals surface area contributed by atoms with Gasteiger partial charge in [0.05, 0.1) is 19.5 Å². The third-order valence-electron chi connectivity index (χ3n) is 3.59. The van der Waals surface area contributed by atoms with Crippen LogP contribution in [0.3, 0.4) is 0 Å². The monoisotopic (exact) mass is 315 g/mol. The van der Waals surface area contributed by atoms with Crippen LogP contribution in [0.4, 0.5) is 5.69 Å². The summed E-state index contributed by atoms with van der Waals surface area (Å²) in [5.74, 6) is 1.33. The largest absolute Gasteiger partial charge is 0.467 e. The van der Waals surface area contributed by atoms with Gasteiger partial charge in [-0.3, -0.25) is 4.79 Å². The van der Waals surface area contributed by atoms with Crippen molar-refractivity contribution in [3.05, 3.63) is 54.0 Å². The summed E-state index contributed by atoms with van der Waals surface area (Å²) in [6.07, 6.45) is 4.07. The number of hydrogen-bond acceptors (Lipinski definition) is 4. The lowest BCUT2D eigenvalue weighted by molar-refractivity contribution is -0.120. The van der Waals surface area contributed by atoms with Crippen molar-refractivity contribution in [2.75, 3.05) is 18.5 Å². The molecule has 1 aliphatic carbocycles. The Hall–Kier alpha value is -2.11. The van der Waals surface area contributed by atoms with E-state index in [0.717, 1.165) is 17.0 Å². The van der Waals surface area contributed by atoms with Gasteiger partial charge in [-0.05, 0) is 48.6 Å². The second kappa shape index (κ2) is 7.94. The zero-order valence-corrected chi connectivity index (χ0v) is 13.0. The Kier molecular flexibility index (Phi) is 5.45. The van der Waals surface area contributed by atoms with Gasteiger partial charge >= 0.3 is 0 Å². The fourth-order valence-electron chi connectivity index (χ4n) is 2.20. The molecule has 23 heavy (non-hydrogen) atoms. The number of hydrogen-bond donors (Lipinski definition) is 1. The maximum absolute atomic E-state index is 11.8. The van der Waals surface area contributed by atoms with Crippen molar-refractivity contribution in [3.63, 3.8) is 0 Å². The van der Waals surface area contributed by atoms with E-state index in [4.69, 9.17) is 13.9 Å². The topological polar surface area (TPSA) is 60.7 Å². The summed E-state index contributed by atoms with van der Waals surface area (Å²) in [6, 6.07) is 11.3. The number of benzene rings is 1. The molecule has 1 heterocycles. The van der Waals surface area contributed by atoms with Crippen molar-refractivity contribution < 1.29 is 18.7 Å². The van der Waals surface area contributed by atoms with Crippen LogP contribution >= 0.6 is 0 Å². The fraction of sp³-hybridized carbons (Fsp3) is 0.389. The van der Waals surface area contributed by atoms with Gasteiger partial charge in [-0.2, -0.15) is 0 Å². The van der Waals surface area contributed by atoms with E-state index in [2.05, 4.69) is 5.32 Å². The van der Waals surface area contributed by atoms with Crippen molar-refractivity contribution in [1.29, 1.82) is 0 Å². The Morgan fingerprint density at radius 1 is 1.17 bits per heavy atom. The van der Waals surface area contributed by atoms with Crippen molar-refractivity contribution in [2.24, 2.45) is 5.92 Å². The van der Waals surface area contributed by atoms with Crippen molar-refractivity contribution >= 4 is 11.6 Å². The molecule has 5 nitrogen and oxygen atoms in total. The van der Waals surface area contributed by atoms with Crippen LogP contribution < -0.4 is 5.32 Å². The number of anilines is 1. The molecule has 3 rings (SSSR count). The summed E-state index contributed by atoms with van der Waals surface area (Å²) in [6.45, 7) is 1.69. The Labute approximate surface area is 135 Å². The van der Waals surface area contributed by atoms with Crippen LogP contribution in [0.15, 0.2) is 47.1 Å². The summed E-state index contributed by atoms with van der Waals surface area (Å²) >= 11 is 0. The van der Waals surface area contributed by atoms with Gasteiger partial charge in [0.25, 0.3) is 0 Å². The van der Waals surface area contributed by atoms with Crippen molar-refractivity contribution in [2.45, 2.75) is 26.1 Å². The first-order chi connectivity index (χ1) is 11.3. The highest BCUT2D eigenvalue weighted by Gasteiger charge is 2.21. The average molecular weight is 315 g/mol. The molecule has 0 unspecified atom stereocenters. The van der Waals surface area contributed by atoms with E-state index in [1.807, 2.05) is 36.4 Å². The van der Waals surface area contributed by atoms with Crippen LogP contribution in [-0.2, 0) is 27.5 Å². The third kappa shape index (κ3) is 5.54. The molecule has 1 aliphatic rings. The molecular weight excluding hydrogens is 294 g/mol. The molecule has 122 valence electrons. The minimum atomic E-state index is -0.126. The van der Waals surface area contributed by atoms with Crippen LogP contribution in [0.1, 0.15) is 24.2 Å². The fourth-order valence-corrected chi connectivity index (χ4v) is 2.20. The van der Waals surface area contributed by atoms with Gasteiger partial charge in [0, 0.05) is 5.69 Å². The average Bonchev–Trinajstić information content (AvgIpc) is 3.21. The second-order valence-corrected chi connectivity index (χ2v) is 5.78. The lowest BCUT2D eigenvalue weighted by Gasteiger charge is -2.08. The SMILES string of the molecule is O=C(COCC1CC1)Nc1cccc(COCc2ccco2)c1. The number of ether oxygens (including phenoxy) is 2. The summed E-state index contributed by atoms with van der Waals surface area (Å²) in [5, 5.41) is 2.84. The number of carbonyl (C=O) groups is 1. The van der Waals surface area contributed by atoms with Crippen LogP contribution in [-0.4, -0.2) is 19.1 Å². The van der Waals surface area contributed by atoms with Crippen LogP contribution in [0.25, 0.3) is 0 Å². The zero-order chi connectivity index (χ0) is 15.9. The normalized spacial score (nSPS) is 13.9. The molecule has 0 spiro atoms. The van der Waals surface area contributed by atoms with E-state index < -0.39 is 0 Å². The first-order valence-electron chi connectivity index (χ1n) is 7.86. The van der Waals surface area contributed by atoms with Crippen LogP contribution in [0.5, 0.6) is 0 Å². The van der Waals surface area contributed by atoms with Crippen molar-refractivity contribution in [3.8, 4) is 0 Å². The molecular formula is C18H21NO4. The van der Waals surface area contributed by atoms with E-state index in [1.54, 1.807) is 6.26 Å². The summed E-state index contributed by atoms with van der Waals surface area (Å²) in [4.78, 5) is 11.8. The first-order valence-corrected chi connectivity index (χ1v) is 7.86. The zero-order valence-electron chi connectivity index (χ0n) is 13.0. The summed E-state index contributed by atoms with van der Waals surface area (Å²) < 4.78 is 16.2. The van der Waals surface area contributed by atoms with Gasteiger partial charge in [0.15, 0.2) is 0 Å². The highest BCUT2D eigenvalue weighted by molar-refractivity contribution is 5.91. The molecule has 1 N–H and O–H groups in total. The van der Waals surface area contributed by atoms with E-state index >= 15 is 0 Å². The molecule has 1 amide bonds. The Morgan fingerprint density at radius 2 is 2.09 bits per heavy atom. The van der Waals surface area contributed by atoms with Gasteiger partial charge in [-0.15, -0.1) is 0 Å². The number of furan rings is 1. The lowest BCUT2D eigenvalue weighted by Crippen LogP contribution is -2.19. The minimum Gasteiger partial charge on any atom is -0.467 e. The predicted octanol–water partition coefficient (Wildman–Crippen LogP) is 3.36. The quantitative estimate of drug-likeness (QED) is 0.771. The number of amides is 1. The van der Waals surface area contributed by atoms with Crippen LogP contribution in [0, 0.1) is 5.92 Å². The maximum Gasteiger partial charge on any atom is 0.250 e. The highest BCUT2D eigenvalue weighted by atomic mass is 16.5. The van der Waals surface area contributed by atoms with Gasteiger partial charge in [0.2, 0.25) is 5.91 Å². The first kappa shape index (κ1) is 15.8. The van der Waals surface area contributed by atoms with E-state index in [-0.39, 0.29) is 12.5 Å². The Bertz CT molecular complexity index is 620. The third-order valence-corrected chi connectivity index (χ3v) is 3.59. The smallest absolute Gasteiger partial charge is 0.250 e. The van der Waals surface area contributed by atoms with E-state index in [1.165, 1.54) is 12.8 Å². The number of rotatable bonds is 9. The molecule has 2 aromatic rings. The van der Waals surface area contributed by atoms with E-state index in [9.17, 15) is 4.79 Å². The molecule has 0 bridgehead atoms. The molecule has 0 radical (unpaired) electrons. The summed E-state index contributed by atoms with van der Waals surface area (Å²) in [5.41, 5.74) is 1.75. The van der Waals surface area contributed by atoms with E-state index in [0.29, 0.717) is 25.7 Å². The van der Waals surface area contributed by atoms with Gasteiger partial charge in [0.1, 0.15) is 19.0 Å². The summed E-state index contributed by atoms with van der Waals surface area (Å²) in [7, 11) is 0. The van der Waals surface area contributed by atoms with Gasteiger partial charge in [-0.1, -0.05) is 12.1 Å². The number of nitrogens with one attached hydrogen (secondary N) is 1. The Balaban J connectivity index is 1.41. The molecule has 1 fully saturated rings. The predicted molar refractivity (Wildman–Crippen MR) is 85.8 cm³/mol. The molecule has 0 atom stereocenters. The lowest BCUT2D eigenvalue weighted by atomic mass is 10.2. The molecule has 1 aromatic heterocycles. The standard InChI is InChI=1S/C18H21NO4/c20-18(13-22-10-14-6-7-14)19-16-4-1-3-15(9-16)11-21-12-17-5-2-8-23-17/h1-5,8-9,14H,6-7,10-13H2,(H,19,20). The van der Waals surface area contributed by atoms with Crippen LogP contribution in [0.2, 0.25) is 0 Å². The highest BCUT2D eigenvalue weighted by Crippen LogP contribution is 2.28. The molecule has 0 saturated heterocycles. The van der Waals surface area contributed by atoms with Gasteiger partial charge in [-0.25, -0.2) is 0 Å². The minimum absolute atomic E-state index is 0.107. The molecule has 1 saturated carbocycles. The number of carbonyl (C=O) groups excluding carboxylic acids is 1.